The molecule has 0 bridgehead atoms. The second-order valence-electron chi connectivity index (χ2n) is 6.24. The van der Waals surface area contributed by atoms with E-state index in [2.05, 4.69) is 0 Å². The number of likely N-dealkylation sites (N-methyl/N-ethyl adjacent to an activating group) is 1. The Balaban J connectivity index is 1.80. The highest BCUT2D eigenvalue weighted by Gasteiger charge is 2.30. The molecule has 0 radical (unpaired) electrons. The Morgan fingerprint density at radius 2 is 1.90 bits per heavy atom. The van der Waals surface area contributed by atoms with Gasteiger partial charge in [0.25, 0.3) is 11.6 Å². The lowest BCUT2D eigenvalue weighted by Gasteiger charge is -2.09. The molecule has 1 heterocycles. The summed E-state index contributed by atoms with van der Waals surface area (Å²) in [5.74, 6) is -0.132. The van der Waals surface area contributed by atoms with Crippen LogP contribution >= 0.6 is 24.0 Å². The molecule has 2 aromatic carbocycles. The Hall–Kier alpha value is -2.76. The van der Waals surface area contributed by atoms with Crippen molar-refractivity contribution >= 4 is 56.1 Å². The van der Waals surface area contributed by atoms with Crippen LogP contribution in [0.2, 0.25) is 0 Å². The quantitative estimate of drug-likeness (QED) is 0.208. The van der Waals surface area contributed by atoms with Crippen LogP contribution < -0.4 is 4.18 Å². The maximum absolute atomic E-state index is 12.5. The molecule has 0 aliphatic carbocycles. The molecule has 156 valence electrons. The summed E-state index contributed by atoms with van der Waals surface area (Å²) < 4.78 is 30.5. The maximum Gasteiger partial charge on any atom is 0.339 e. The molecule has 1 aliphatic rings. The first-order chi connectivity index (χ1) is 14.1. The average Bonchev–Trinajstić information content (AvgIpc) is 2.95. The van der Waals surface area contributed by atoms with E-state index in [1.54, 1.807) is 18.2 Å². The molecule has 0 atom stereocenters. The molecule has 1 amide bonds. The summed E-state index contributed by atoms with van der Waals surface area (Å²) in [5.41, 5.74) is 0.707. The number of benzene rings is 2. The number of hydrogen-bond donors (Lipinski definition) is 0. The van der Waals surface area contributed by atoms with Crippen molar-refractivity contribution in [1.29, 1.82) is 0 Å². The number of aryl methyl sites for hydroxylation is 1. The Bertz CT molecular complexity index is 1170. The Kier molecular flexibility index (Phi) is 6.25. The van der Waals surface area contributed by atoms with Crippen molar-refractivity contribution < 1.29 is 22.3 Å². The fourth-order valence-corrected chi connectivity index (χ4v) is 5.00. The van der Waals surface area contributed by atoms with Gasteiger partial charge in [-0.3, -0.25) is 19.8 Å². The van der Waals surface area contributed by atoms with E-state index in [4.69, 9.17) is 16.4 Å². The van der Waals surface area contributed by atoms with Crippen LogP contribution in [0.1, 0.15) is 18.1 Å². The monoisotopic (exact) mass is 464 g/mol. The van der Waals surface area contributed by atoms with E-state index in [0.29, 0.717) is 26.9 Å². The molecular formula is C19H16N2O6S3. The van der Waals surface area contributed by atoms with Crippen molar-refractivity contribution in [1.82, 2.24) is 4.90 Å². The molecule has 3 rings (SSSR count). The number of carbonyl (C=O) groups is 1. The van der Waals surface area contributed by atoms with Crippen molar-refractivity contribution in [3.63, 3.8) is 0 Å². The number of hydrogen-bond acceptors (Lipinski definition) is 8. The maximum atomic E-state index is 12.5. The summed E-state index contributed by atoms with van der Waals surface area (Å²) in [4.78, 5) is 24.3. The molecule has 30 heavy (non-hydrogen) atoms. The predicted octanol–water partition coefficient (Wildman–Crippen LogP) is 3.89. The zero-order chi connectivity index (χ0) is 22.1. The molecule has 0 saturated carbocycles. The molecule has 1 fully saturated rings. The highest BCUT2D eigenvalue weighted by Crippen LogP contribution is 2.32. The molecule has 2 aromatic rings. The first kappa shape index (κ1) is 21.9. The van der Waals surface area contributed by atoms with Crippen LogP contribution in [0, 0.1) is 17.0 Å². The lowest BCUT2D eigenvalue weighted by atomic mass is 10.2. The Morgan fingerprint density at radius 1 is 1.23 bits per heavy atom. The van der Waals surface area contributed by atoms with Crippen LogP contribution in [0.25, 0.3) is 6.08 Å². The smallest absolute Gasteiger partial charge is 0.339 e. The summed E-state index contributed by atoms with van der Waals surface area (Å²) in [6.07, 6.45) is 1.66. The molecule has 8 nitrogen and oxygen atoms in total. The van der Waals surface area contributed by atoms with Gasteiger partial charge in [-0.1, -0.05) is 42.2 Å². The summed E-state index contributed by atoms with van der Waals surface area (Å²) in [7, 11) is -4.25. The summed E-state index contributed by atoms with van der Waals surface area (Å²) in [6, 6.07) is 9.64. The van der Waals surface area contributed by atoms with Gasteiger partial charge in [0.05, 0.1) is 9.83 Å². The predicted molar refractivity (Wildman–Crippen MR) is 118 cm³/mol. The molecule has 11 heteroatoms. The van der Waals surface area contributed by atoms with Gasteiger partial charge in [0.15, 0.2) is 0 Å². The third-order valence-corrected chi connectivity index (χ3v) is 6.86. The van der Waals surface area contributed by atoms with Gasteiger partial charge in [-0.15, -0.1) is 0 Å². The van der Waals surface area contributed by atoms with E-state index >= 15 is 0 Å². The molecule has 0 spiro atoms. The number of nitro groups is 1. The van der Waals surface area contributed by atoms with Gasteiger partial charge in [-0.2, -0.15) is 8.42 Å². The van der Waals surface area contributed by atoms with Crippen molar-refractivity contribution in [3.05, 3.63) is 68.6 Å². The standard InChI is InChI=1S/C19H16N2O6S3/c1-3-20-18(22)17(29-19(20)28)10-13-5-7-14(8-6-13)27-30(25,26)15-9-4-12(2)16(11-15)21(23)24/h4-11H,3H2,1-2H3/b17-10+. The third-order valence-electron chi connectivity index (χ3n) is 4.24. The minimum atomic E-state index is -4.25. The number of amides is 1. The van der Waals surface area contributed by atoms with E-state index in [1.807, 2.05) is 6.92 Å². The van der Waals surface area contributed by atoms with E-state index in [9.17, 15) is 23.3 Å². The number of rotatable bonds is 6. The first-order valence-corrected chi connectivity index (χ1v) is 11.3. The third kappa shape index (κ3) is 4.53. The van der Waals surface area contributed by atoms with Gasteiger partial charge in [-0.05, 0) is 43.7 Å². The lowest BCUT2D eigenvalue weighted by molar-refractivity contribution is -0.385. The largest absolute Gasteiger partial charge is 0.379 e. The first-order valence-electron chi connectivity index (χ1n) is 8.67. The molecule has 1 saturated heterocycles. The van der Waals surface area contributed by atoms with Crippen molar-refractivity contribution in [2.24, 2.45) is 0 Å². The van der Waals surface area contributed by atoms with Crippen molar-refractivity contribution in [3.8, 4) is 5.75 Å². The fourth-order valence-electron chi connectivity index (χ4n) is 2.66. The summed E-state index contributed by atoms with van der Waals surface area (Å²) >= 11 is 6.37. The number of thiocarbonyl (C=S) groups is 1. The Labute approximate surface area is 182 Å². The molecule has 1 aliphatic heterocycles. The highest BCUT2D eigenvalue weighted by molar-refractivity contribution is 8.26. The van der Waals surface area contributed by atoms with Gasteiger partial charge in [-0.25, -0.2) is 0 Å². The van der Waals surface area contributed by atoms with E-state index < -0.39 is 15.0 Å². The van der Waals surface area contributed by atoms with Crippen LogP contribution in [0.5, 0.6) is 5.75 Å². The van der Waals surface area contributed by atoms with Gasteiger partial charge >= 0.3 is 10.1 Å². The van der Waals surface area contributed by atoms with Gasteiger partial charge in [0, 0.05) is 18.2 Å². The highest BCUT2D eigenvalue weighted by atomic mass is 32.2. The minimum absolute atomic E-state index is 0.0384. The second kappa shape index (κ2) is 8.54. The van der Waals surface area contributed by atoms with Crippen LogP contribution in [0.3, 0.4) is 0 Å². The average molecular weight is 465 g/mol. The summed E-state index contributed by atoms with van der Waals surface area (Å²) in [6.45, 7) is 3.84. The van der Waals surface area contributed by atoms with Gasteiger partial charge in [0.2, 0.25) is 0 Å². The molecule has 0 aromatic heterocycles. The zero-order valence-electron chi connectivity index (χ0n) is 15.9. The van der Waals surface area contributed by atoms with E-state index in [-0.39, 0.29) is 22.2 Å². The number of thioether (sulfide) groups is 1. The normalized spacial score (nSPS) is 15.7. The van der Waals surface area contributed by atoms with Crippen molar-refractivity contribution in [2.75, 3.05) is 6.54 Å². The number of nitrogens with zero attached hydrogens (tertiary/aromatic N) is 2. The second-order valence-corrected chi connectivity index (χ2v) is 9.46. The SMILES string of the molecule is CCN1C(=O)/C(=C\c2ccc(OS(=O)(=O)c3ccc(C)c([N+](=O)[O-])c3)cc2)SC1=S. The van der Waals surface area contributed by atoms with Gasteiger partial charge < -0.3 is 4.18 Å². The zero-order valence-corrected chi connectivity index (χ0v) is 18.3. The summed E-state index contributed by atoms with van der Waals surface area (Å²) in [5, 5.41) is 11.0. The molecule has 0 N–H and O–H groups in total. The Morgan fingerprint density at radius 3 is 2.47 bits per heavy atom. The van der Waals surface area contributed by atoms with Crippen LogP contribution in [-0.4, -0.2) is 35.0 Å². The van der Waals surface area contributed by atoms with E-state index in [0.717, 1.165) is 6.07 Å². The topological polar surface area (TPSA) is 107 Å². The molecular weight excluding hydrogens is 448 g/mol. The van der Waals surface area contributed by atoms with Crippen LogP contribution in [0.15, 0.2) is 52.3 Å². The number of nitro benzene ring substituents is 1. The minimum Gasteiger partial charge on any atom is -0.379 e. The lowest BCUT2D eigenvalue weighted by Crippen LogP contribution is -2.27. The van der Waals surface area contributed by atoms with E-state index in [1.165, 1.54) is 47.9 Å². The van der Waals surface area contributed by atoms with Crippen LogP contribution in [0.4, 0.5) is 5.69 Å². The van der Waals surface area contributed by atoms with Crippen molar-refractivity contribution in [2.45, 2.75) is 18.7 Å². The van der Waals surface area contributed by atoms with Gasteiger partial charge in [0.1, 0.15) is 15.0 Å². The fraction of sp³-hybridized carbons (Fsp3) is 0.158. The number of carbonyl (C=O) groups excluding carboxylic acids is 1. The van der Waals surface area contributed by atoms with Crippen LogP contribution in [-0.2, 0) is 14.9 Å². The molecule has 0 unspecified atom stereocenters.